The predicted molar refractivity (Wildman–Crippen MR) is 105 cm³/mol. The Balaban J connectivity index is 0.000000706. The Morgan fingerprint density at radius 1 is 1.00 bits per heavy atom. The van der Waals surface area contributed by atoms with Crippen molar-refractivity contribution in [1.29, 1.82) is 0 Å². The van der Waals surface area contributed by atoms with Crippen LogP contribution in [0.4, 0.5) is 0 Å². The number of hydrogen-bond acceptors (Lipinski definition) is 3. The van der Waals surface area contributed by atoms with Gasteiger partial charge in [0.25, 0.3) is 6.47 Å². The van der Waals surface area contributed by atoms with Crippen molar-refractivity contribution in [3.8, 4) is 11.1 Å². The van der Waals surface area contributed by atoms with Crippen molar-refractivity contribution in [2.45, 2.75) is 38.4 Å². The van der Waals surface area contributed by atoms with E-state index >= 15 is 0 Å². The number of piperazine rings is 1. The molecule has 0 spiro atoms. The summed E-state index contributed by atoms with van der Waals surface area (Å²) in [6.07, 6.45) is 1.72. The van der Waals surface area contributed by atoms with Gasteiger partial charge < -0.3 is 14.9 Å². The molecule has 2 aromatic carbocycles. The predicted octanol–water partition coefficient (Wildman–Crippen LogP) is 2.78. The zero-order valence-electron chi connectivity index (χ0n) is 15.8. The van der Waals surface area contributed by atoms with E-state index in [4.69, 9.17) is 9.90 Å². The third-order valence-corrected chi connectivity index (χ3v) is 5.34. The topological polar surface area (TPSA) is 77.9 Å². The van der Waals surface area contributed by atoms with Crippen LogP contribution in [-0.2, 0) is 20.9 Å². The van der Waals surface area contributed by atoms with Crippen LogP contribution in [0.2, 0.25) is 0 Å². The largest absolute Gasteiger partial charge is 0.483 e. The van der Waals surface area contributed by atoms with Crippen molar-refractivity contribution < 1.29 is 19.5 Å². The quantitative estimate of drug-likeness (QED) is 0.831. The van der Waals surface area contributed by atoms with Gasteiger partial charge in [-0.3, -0.25) is 14.4 Å². The molecule has 28 heavy (non-hydrogen) atoms. The van der Waals surface area contributed by atoms with Crippen molar-refractivity contribution in [3.63, 3.8) is 0 Å². The summed E-state index contributed by atoms with van der Waals surface area (Å²) in [5.41, 5.74) is 3.38. The van der Waals surface area contributed by atoms with Crippen LogP contribution in [0.3, 0.4) is 0 Å². The van der Waals surface area contributed by atoms with Gasteiger partial charge in [0.05, 0.1) is 0 Å². The molecule has 0 bridgehead atoms. The van der Waals surface area contributed by atoms with Crippen LogP contribution in [0, 0.1) is 0 Å². The molecular weight excluding hydrogens is 356 g/mol. The number of carbonyl (C=O) groups excluding carboxylic acids is 2. The molecule has 0 unspecified atom stereocenters. The van der Waals surface area contributed by atoms with Gasteiger partial charge in [0.1, 0.15) is 12.1 Å². The lowest BCUT2D eigenvalue weighted by atomic mass is 10.0. The molecule has 2 amide bonds. The minimum Gasteiger partial charge on any atom is -0.483 e. The Morgan fingerprint density at radius 3 is 2.25 bits per heavy atom. The first-order valence-corrected chi connectivity index (χ1v) is 9.40. The van der Waals surface area contributed by atoms with Crippen LogP contribution in [0.5, 0.6) is 0 Å². The number of benzene rings is 2. The second-order valence-corrected chi connectivity index (χ2v) is 7.00. The van der Waals surface area contributed by atoms with E-state index in [0.29, 0.717) is 6.54 Å². The Labute approximate surface area is 164 Å². The number of fused-ring (bicyclic) bond motifs is 1. The van der Waals surface area contributed by atoms with Crippen molar-refractivity contribution in [3.05, 3.63) is 60.2 Å². The highest BCUT2D eigenvalue weighted by molar-refractivity contribution is 5.97. The molecule has 4 rings (SSSR count). The fourth-order valence-electron chi connectivity index (χ4n) is 3.89. The summed E-state index contributed by atoms with van der Waals surface area (Å²) in [4.78, 5) is 37.2. The zero-order valence-corrected chi connectivity index (χ0v) is 15.8. The highest BCUT2D eigenvalue weighted by atomic mass is 16.3. The molecule has 2 aliphatic heterocycles. The first kappa shape index (κ1) is 19.6. The Hall–Kier alpha value is -3.15. The fraction of sp³-hybridized carbons (Fsp3) is 0.318. The van der Waals surface area contributed by atoms with Crippen LogP contribution in [0.1, 0.15) is 25.3 Å². The van der Waals surface area contributed by atoms with E-state index in [2.05, 4.69) is 24.3 Å². The summed E-state index contributed by atoms with van der Waals surface area (Å²) in [5.74, 6) is 0.180. The van der Waals surface area contributed by atoms with Crippen LogP contribution < -0.4 is 0 Å². The summed E-state index contributed by atoms with van der Waals surface area (Å²) in [6.45, 7) is 2.80. The summed E-state index contributed by atoms with van der Waals surface area (Å²) >= 11 is 0. The molecule has 6 nitrogen and oxygen atoms in total. The number of carbonyl (C=O) groups is 3. The first-order chi connectivity index (χ1) is 13.6. The van der Waals surface area contributed by atoms with Crippen LogP contribution >= 0.6 is 0 Å². The van der Waals surface area contributed by atoms with E-state index in [9.17, 15) is 9.59 Å². The van der Waals surface area contributed by atoms with Crippen LogP contribution in [0.25, 0.3) is 11.1 Å². The summed E-state index contributed by atoms with van der Waals surface area (Å²) in [5, 5.41) is 6.89. The highest BCUT2D eigenvalue weighted by Gasteiger charge is 2.45. The number of amides is 2. The third-order valence-electron chi connectivity index (χ3n) is 5.34. The molecule has 2 aromatic rings. The molecule has 0 aliphatic carbocycles. The van der Waals surface area contributed by atoms with E-state index in [1.54, 1.807) is 9.80 Å². The van der Waals surface area contributed by atoms with E-state index < -0.39 is 0 Å². The maximum Gasteiger partial charge on any atom is 0.290 e. The normalized spacial score (nSPS) is 21.0. The molecule has 6 heteroatoms. The van der Waals surface area contributed by atoms with E-state index in [1.807, 2.05) is 37.3 Å². The Bertz CT molecular complexity index is 835. The van der Waals surface area contributed by atoms with Crippen molar-refractivity contribution in [2.75, 3.05) is 6.54 Å². The molecule has 1 N–H and O–H groups in total. The minimum absolute atomic E-state index is 0.0861. The van der Waals surface area contributed by atoms with E-state index in [1.165, 1.54) is 5.56 Å². The van der Waals surface area contributed by atoms with Gasteiger partial charge in [0.2, 0.25) is 11.8 Å². The fourth-order valence-corrected chi connectivity index (χ4v) is 3.89. The van der Waals surface area contributed by atoms with E-state index in [0.717, 1.165) is 30.5 Å². The number of nitrogens with zero attached hydrogens (tertiary/aromatic N) is 2. The third kappa shape index (κ3) is 3.91. The summed E-state index contributed by atoms with van der Waals surface area (Å²) in [7, 11) is 0. The standard InChI is InChI=1S/C21H22N2O2.CH2O2/c1-15-20(24)22-13-5-8-19(22)21(25)23(15)14-16-9-11-18(12-10-16)17-6-3-2-4-7-17;2-1-3/h2-4,6-7,9-12,15,19H,5,8,13-14H2,1H3;1H,(H,2,3)/t15-,19-;/m0./s1. The van der Waals surface area contributed by atoms with Gasteiger partial charge >= 0.3 is 0 Å². The average molecular weight is 380 g/mol. The number of hydrogen-bond donors (Lipinski definition) is 1. The maximum absolute atomic E-state index is 12.8. The molecule has 2 fully saturated rings. The van der Waals surface area contributed by atoms with Crippen LogP contribution in [0.15, 0.2) is 54.6 Å². The van der Waals surface area contributed by atoms with Crippen LogP contribution in [-0.4, -0.2) is 51.8 Å². The van der Waals surface area contributed by atoms with Gasteiger partial charge in [-0.15, -0.1) is 0 Å². The SMILES string of the molecule is C[C@H]1C(=O)N2CCC[C@H]2C(=O)N1Cc1ccc(-c2ccccc2)cc1.O=CO. The lowest BCUT2D eigenvalue weighted by Gasteiger charge is -2.41. The molecule has 2 atom stereocenters. The lowest BCUT2D eigenvalue weighted by Crippen LogP contribution is -2.61. The molecule has 2 aliphatic rings. The Morgan fingerprint density at radius 2 is 1.61 bits per heavy atom. The monoisotopic (exact) mass is 380 g/mol. The first-order valence-electron chi connectivity index (χ1n) is 9.40. The van der Waals surface area contributed by atoms with E-state index in [-0.39, 0.29) is 30.4 Å². The Kier molecular flexibility index (Phi) is 6.09. The van der Waals surface area contributed by atoms with Crippen molar-refractivity contribution in [1.82, 2.24) is 9.80 Å². The van der Waals surface area contributed by atoms with Gasteiger partial charge in [-0.25, -0.2) is 0 Å². The van der Waals surface area contributed by atoms with Crippen molar-refractivity contribution >= 4 is 18.3 Å². The minimum atomic E-state index is -0.379. The lowest BCUT2D eigenvalue weighted by molar-refractivity contribution is -0.159. The second kappa shape index (κ2) is 8.69. The second-order valence-electron chi connectivity index (χ2n) is 7.00. The zero-order chi connectivity index (χ0) is 20.1. The molecule has 2 saturated heterocycles. The summed E-state index contributed by atoms with van der Waals surface area (Å²) < 4.78 is 0. The molecule has 0 saturated carbocycles. The maximum atomic E-state index is 12.8. The molecule has 0 radical (unpaired) electrons. The summed E-state index contributed by atoms with van der Waals surface area (Å²) in [6, 6.07) is 17.8. The molecule has 2 heterocycles. The molecular formula is C22H24N2O4. The van der Waals surface area contributed by atoms with Gasteiger partial charge in [0.15, 0.2) is 0 Å². The smallest absolute Gasteiger partial charge is 0.290 e. The average Bonchev–Trinajstić information content (AvgIpc) is 3.22. The molecule has 0 aromatic heterocycles. The van der Waals surface area contributed by atoms with Gasteiger partial charge in [-0.2, -0.15) is 0 Å². The number of carboxylic acid groups (broad SMARTS) is 1. The van der Waals surface area contributed by atoms with Gasteiger partial charge in [-0.1, -0.05) is 54.6 Å². The van der Waals surface area contributed by atoms with Crippen molar-refractivity contribution in [2.24, 2.45) is 0 Å². The number of rotatable bonds is 3. The van der Waals surface area contributed by atoms with Gasteiger partial charge in [-0.05, 0) is 36.5 Å². The highest BCUT2D eigenvalue weighted by Crippen LogP contribution is 2.28. The molecule has 146 valence electrons. The van der Waals surface area contributed by atoms with Gasteiger partial charge in [0, 0.05) is 13.1 Å².